The molecular weight excluding hydrogens is 266 g/mol. The monoisotopic (exact) mass is 297 g/mol. The second kappa shape index (κ2) is 9.80. The molecule has 0 spiro atoms. The average molecular weight is 297 g/mol. The van der Waals surface area contributed by atoms with Crippen molar-refractivity contribution in [1.82, 2.24) is 5.32 Å². The number of unbranched alkanes of at least 4 members (excludes halogenated alkanes) is 3. The number of carbonyl (C=O) groups excluding carboxylic acids is 1. The van der Waals surface area contributed by atoms with Gasteiger partial charge in [-0.25, -0.2) is 0 Å². The Morgan fingerprint density at radius 2 is 1.76 bits per heavy atom. The number of carbonyl (C=O) groups is 2. The van der Waals surface area contributed by atoms with E-state index in [-0.39, 0.29) is 17.7 Å². The van der Waals surface area contributed by atoms with Gasteiger partial charge in [-0.15, -0.1) is 0 Å². The summed E-state index contributed by atoms with van der Waals surface area (Å²) in [7, 11) is 0. The molecule has 1 fully saturated rings. The highest BCUT2D eigenvalue weighted by atomic mass is 16.4. The number of hydrogen-bond acceptors (Lipinski definition) is 2. The van der Waals surface area contributed by atoms with Crippen LogP contribution >= 0.6 is 0 Å². The first-order valence-corrected chi connectivity index (χ1v) is 8.51. The maximum atomic E-state index is 12.0. The summed E-state index contributed by atoms with van der Waals surface area (Å²) in [5, 5.41) is 12.0. The quantitative estimate of drug-likeness (QED) is 0.639. The van der Waals surface area contributed by atoms with Crippen LogP contribution in [0.15, 0.2) is 0 Å². The number of carboxylic acid groups (broad SMARTS) is 1. The third-order valence-corrected chi connectivity index (χ3v) is 4.40. The van der Waals surface area contributed by atoms with Crippen LogP contribution < -0.4 is 5.32 Å². The Bertz CT molecular complexity index is 328. The van der Waals surface area contributed by atoms with Crippen molar-refractivity contribution in [2.75, 3.05) is 6.54 Å². The highest BCUT2D eigenvalue weighted by Crippen LogP contribution is 2.29. The minimum absolute atomic E-state index is 0.0585. The minimum Gasteiger partial charge on any atom is -0.481 e. The fourth-order valence-corrected chi connectivity index (χ4v) is 3.04. The van der Waals surface area contributed by atoms with Crippen LogP contribution in [0.5, 0.6) is 0 Å². The number of carboxylic acids is 1. The molecule has 21 heavy (non-hydrogen) atoms. The molecule has 122 valence electrons. The standard InChI is InChI=1S/C17H31NO3/c1-13(2)8-5-3-4-6-11-18-16(19)14-9-7-10-15(12-14)17(20)21/h13-15H,3-12H2,1-2H3,(H,18,19)(H,20,21). The molecule has 0 aromatic heterocycles. The lowest BCUT2D eigenvalue weighted by atomic mass is 9.81. The van der Waals surface area contributed by atoms with Crippen LogP contribution in [0.25, 0.3) is 0 Å². The van der Waals surface area contributed by atoms with Crippen molar-refractivity contribution >= 4 is 11.9 Å². The van der Waals surface area contributed by atoms with Gasteiger partial charge in [-0.05, 0) is 31.6 Å². The first-order valence-electron chi connectivity index (χ1n) is 8.51. The molecule has 0 bridgehead atoms. The highest BCUT2D eigenvalue weighted by molar-refractivity contribution is 5.80. The van der Waals surface area contributed by atoms with Gasteiger partial charge in [0, 0.05) is 12.5 Å². The Morgan fingerprint density at radius 3 is 2.43 bits per heavy atom. The summed E-state index contributed by atoms with van der Waals surface area (Å²) in [4.78, 5) is 23.0. The molecule has 2 atom stereocenters. The predicted octanol–water partition coefficient (Wildman–Crippen LogP) is 3.60. The SMILES string of the molecule is CC(C)CCCCCCNC(=O)C1CCCC(C(=O)O)C1. The summed E-state index contributed by atoms with van der Waals surface area (Å²) in [6.07, 6.45) is 8.89. The average Bonchev–Trinajstić information content (AvgIpc) is 2.45. The van der Waals surface area contributed by atoms with Crippen LogP contribution in [0, 0.1) is 17.8 Å². The fraction of sp³-hybridized carbons (Fsp3) is 0.882. The summed E-state index contributed by atoms with van der Waals surface area (Å²) in [6.45, 7) is 5.22. The molecular formula is C17H31NO3. The van der Waals surface area contributed by atoms with Gasteiger partial charge in [0.15, 0.2) is 0 Å². The maximum absolute atomic E-state index is 12.0. The van der Waals surface area contributed by atoms with Gasteiger partial charge in [-0.1, -0.05) is 46.0 Å². The molecule has 0 aromatic carbocycles. The van der Waals surface area contributed by atoms with Crippen LogP contribution in [0.3, 0.4) is 0 Å². The third kappa shape index (κ3) is 7.49. The summed E-state index contributed by atoms with van der Waals surface area (Å²) in [5.74, 6) is -0.342. The van der Waals surface area contributed by atoms with Crippen molar-refractivity contribution in [2.45, 2.75) is 71.6 Å². The van der Waals surface area contributed by atoms with Gasteiger partial charge in [-0.2, -0.15) is 0 Å². The van der Waals surface area contributed by atoms with Crippen molar-refractivity contribution in [3.05, 3.63) is 0 Å². The third-order valence-electron chi connectivity index (χ3n) is 4.40. The molecule has 2 N–H and O–H groups in total. The largest absolute Gasteiger partial charge is 0.481 e. The molecule has 1 saturated carbocycles. The molecule has 1 aliphatic rings. The summed E-state index contributed by atoms with van der Waals surface area (Å²) in [5.41, 5.74) is 0. The molecule has 2 unspecified atom stereocenters. The van der Waals surface area contributed by atoms with Gasteiger partial charge in [0.2, 0.25) is 5.91 Å². The predicted molar refractivity (Wildman–Crippen MR) is 84.0 cm³/mol. The van der Waals surface area contributed by atoms with E-state index in [1.54, 1.807) is 0 Å². The van der Waals surface area contributed by atoms with Gasteiger partial charge < -0.3 is 10.4 Å². The van der Waals surface area contributed by atoms with Crippen molar-refractivity contribution in [3.63, 3.8) is 0 Å². The minimum atomic E-state index is -0.752. The summed E-state index contributed by atoms with van der Waals surface area (Å²) < 4.78 is 0. The van der Waals surface area contributed by atoms with Crippen LogP contribution in [0.2, 0.25) is 0 Å². The lowest BCUT2D eigenvalue weighted by molar-refractivity contribution is -0.144. The molecule has 0 saturated heterocycles. The van der Waals surface area contributed by atoms with Gasteiger partial charge in [0.1, 0.15) is 0 Å². The van der Waals surface area contributed by atoms with Crippen LogP contribution in [0.1, 0.15) is 71.6 Å². The van der Waals surface area contributed by atoms with E-state index in [2.05, 4.69) is 19.2 Å². The van der Waals surface area contributed by atoms with E-state index in [9.17, 15) is 9.59 Å². The molecule has 0 heterocycles. The van der Waals surface area contributed by atoms with Crippen LogP contribution in [0.4, 0.5) is 0 Å². The van der Waals surface area contributed by atoms with Crippen molar-refractivity contribution in [2.24, 2.45) is 17.8 Å². The molecule has 0 aliphatic heterocycles. The van der Waals surface area contributed by atoms with E-state index in [0.29, 0.717) is 6.42 Å². The Hall–Kier alpha value is -1.06. The lowest BCUT2D eigenvalue weighted by Gasteiger charge is -2.25. The molecule has 1 amide bonds. The molecule has 4 heteroatoms. The Morgan fingerprint density at radius 1 is 1.10 bits per heavy atom. The molecule has 1 rings (SSSR count). The van der Waals surface area contributed by atoms with Gasteiger partial charge in [0.05, 0.1) is 5.92 Å². The van der Waals surface area contributed by atoms with E-state index in [1.807, 2.05) is 0 Å². The number of rotatable bonds is 9. The number of hydrogen-bond donors (Lipinski definition) is 2. The van der Waals surface area contributed by atoms with Gasteiger partial charge in [0.25, 0.3) is 0 Å². The fourth-order valence-electron chi connectivity index (χ4n) is 3.04. The first-order chi connectivity index (χ1) is 10.0. The van der Waals surface area contributed by atoms with Crippen LogP contribution in [-0.2, 0) is 9.59 Å². The second-order valence-corrected chi connectivity index (χ2v) is 6.79. The Balaban J connectivity index is 2.09. The summed E-state index contributed by atoms with van der Waals surface area (Å²) in [6, 6.07) is 0. The number of nitrogens with one attached hydrogen (secondary N) is 1. The smallest absolute Gasteiger partial charge is 0.306 e. The topological polar surface area (TPSA) is 66.4 Å². The Kier molecular flexibility index (Phi) is 8.40. The molecule has 4 nitrogen and oxygen atoms in total. The second-order valence-electron chi connectivity index (χ2n) is 6.79. The van der Waals surface area contributed by atoms with Gasteiger partial charge in [-0.3, -0.25) is 9.59 Å². The van der Waals surface area contributed by atoms with Crippen molar-refractivity contribution in [1.29, 1.82) is 0 Å². The van der Waals surface area contributed by atoms with Crippen molar-refractivity contribution < 1.29 is 14.7 Å². The highest BCUT2D eigenvalue weighted by Gasteiger charge is 2.30. The molecule has 1 aliphatic carbocycles. The van der Waals surface area contributed by atoms with E-state index in [1.165, 1.54) is 19.3 Å². The van der Waals surface area contributed by atoms with Crippen LogP contribution in [-0.4, -0.2) is 23.5 Å². The van der Waals surface area contributed by atoms with E-state index in [4.69, 9.17) is 5.11 Å². The Labute approximate surface area is 128 Å². The number of aliphatic carboxylic acids is 1. The first kappa shape index (κ1) is 18.0. The molecule has 0 aromatic rings. The van der Waals surface area contributed by atoms with E-state index in [0.717, 1.165) is 44.6 Å². The van der Waals surface area contributed by atoms with E-state index >= 15 is 0 Å². The molecule has 0 radical (unpaired) electrons. The zero-order chi connectivity index (χ0) is 15.7. The van der Waals surface area contributed by atoms with E-state index < -0.39 is 5.97 Å². The summed E-state index contributed by atoms with van der Waals surface area (Å²) >= 11 is 0. The zero-order valence-corrected chi connectivity index (χ0v) is 13.6. The zero-order valence-electron chi connectivity index (χ0n) is 13.6. The maximum Gasteiger partial charge on any atom is 0.306 e. The number of amides is 1. The lowest BCUT2D eigenvalue weighted by Crippen LogP contribution is -2.35. The van der Waals surface area contributed by atoms with Crippen molar-refractivity contribution in [3.8, 4) is 0 Å². The van der Waals surface area contributed by atoms with Gasteiger partial charge >= 0.3 is 5.97 Å². The normalized spacial score (nSPS) is 22.2.